The maximum absolute atomic E-state index is 10.5. The van der Waals surface area contributed by atoms with Crippen LogP contribution in [0.2, 0.25) is 0 Å². The van der Waals surface area contributed by atoms with Gasteiger partial charge in [0.05, 0.1) is 18.0 Å². The molecule has 0 radical (unpaired) electrons. The molecule has 1 aromatic carbocycles. The molecule has 0 fully saturated rings. The Hall–Kier alpha value is -1.88. The minimum Gasteiger partial charge on any atom is -0.493 e. The average Bonchev–Trinajstić information content (AvgIpc) is 2.84. The SMILES string of the molecule is Cc1cccc(OCCc2ncc(CCC(=O)O)s2)c1. The van der Waals surface area contributed by atoms with Gasteiger partial charge in [0.2, 0.25) is 0 Å². The lowest BCUT2D eigenvalue weighted by Gasteiger charge is -2.05. The second-order valence-corrected chi connectivity index (χ2v) is 5.73. The van der Waals surface area contributed by atoms with E-state index in [-0.39, 0.29) is 6.42 Å². The molecule has 1 aromatic heterocycles. The molecular formula is C15H17NO3S. The van der Waals surface area contributed by atoms with E-state index in [9.17, 15) is 4.79 Å². The number of rotatable bonds is 7. The zero-order valence-electron chi connectivity index (χ0n) is 11.3. The first kappa shape index (κ1) is 14.5. The molecule has 20 heavy (non-hydrogen) atoms. The van der Waals surface area contributed by atoms with Crippen molar-refractivity contribution in [2.24, 2.45) is 0 Å². The molecule has 2 rings (SSSR count). The molecule has 0 saturated heterocycles. The van der Waals surface area contributed by atoms with Gasteiger partial charge in [-0.05, 0) is 31.0 Å². The Morgan fingerprint density at radius 1 is 1.40 bits per heavy atom. The fourth-order valence-electron chi connectivity index (χ4n) is 1.77. The van der Waals surface area contributed by atoms with Crippen LogP contribution in [0.1, 0.15) is 21.9 Å². The number of aryl methyl sites for hydroxylation is 2. The number of aliphatic carboxylic acids is 1. The fourth-order valence-corrected chi connectivity index (χ4v) is 2.67. The fraction of sp³-hybridized carbons (Fsp3) is 0.333. The number of thiazole rings is 1. The molecule has 0 aliphatic rings. The summed E-state index contributed by atoms with van der Waals surface area (Å²) in [6.45, 7) is 2.61. The van der Waals surface area contributed by atoms with Crippen LogP contribution in [0, 0.1) is 6.92 Å². The van der Waals surface area contributed by atoms with Crippen molar-refractivity contribution in [1.82, 2.24) is 4.98 Å². The molecule has 106 valence electrons. The molecule has 1 heterocycles. The third-order valence-corrected chi connectivity index (χ3v) is 3.88. The van der Waals surface area contributed by atoms with Gasteiger partial charge in [-0.25, -0.2) is 4.98 Å². The second kappa shape index (κ2) is 7.05. The Morgan fingerprint density at radius 3 is 3.00 bits per heavy atom. The number of benzene rings is 1. The van der Waals surface area contributed by atoms with Crippen LogP contribution in [-0.4, -0.2) is 22.7 Å². The van der Waals surface area contributed by atoms with Crippen molar-refractivity contribution in [3.05, 3.63) is 45.9 Å². The molecule has 0 bridgehead atoms. The first-order chi connectivity index (χ1) is 9.63. The lowest BCUT2D eigenvalue weighted by molar-refractivity contribution is -0.136. The van der Waals surface area contributed by atoms with Crippen LogP contribution in [0.25, 0.3) is 0 Å². The molecule has 5 heteroatoms. The van der Waals surface area contributed by atoms with Crippen molar-refractivity contribution in [2.45, 2.75) is 26.2 Å². The van der Waals surface area contributed by atoms with Crippen LogP contribution in [0.3, 0.4) is 0 Å². The summed E-state index contributed by atoms with van der Waals surface area (Å²) in [5, 5.41) is 9.62. The van der Waals surface area contributed by atoms with E-state index in [2.05, 4.69) is 4.98 Å². The maximum Gasteiger partial charge on any atom is 0.303 e. The largest absolute Gasteiger partial charge is 0.493 e. The van der Waals surface area contributed by atoms with E-state index in [0.717, 1.165) is 22.1 Å². The van der Waals surface area contributed by atoms with Gasteiger partial charge in [-0.1, -0.05) is 12.1 Å². The molecule has 1 N–H and O–H groups in total. The Kier molecular flexibility index (Phi) is 5.12. The van der Waals surface area contributed by atoms with Crippen molar-refractivity contribution in [1.29, 1.82) is 0 Å². The third kappa shape index (κ3) is 4.66. The highest BCUT2D eigenvalue weighted by atomic mass is 32.1. The van der Waals surface area contributed by atoms with Crippen molar-refractivity contribution in [3.8, 4) is 5.75 Å². The number of aromatic nitrogens is 1. The van der Waals surface area contributed by atoms with E-state index in [0.29, 0.717) is 13.0 Å². The zero-order valence-corrected chi connectivity index (χ0v) is 12.2. The van der Waals surface area contributed by atoms with Crippen LogP contribution in [0.5, 0.6) is 5.75 Å². The normalized spacial score (nSPS) is 10.4. The van der Waals surface area contributed by atoms with Gasteiger partial charge in [0.1, 0.15) is 5.75 Å². The quantitative estimate of drug-likeness (QED) is 0.851. The first-order valence-corrected chi connectivity index (χ1v) is 7.30. The molecule has 2 aromatic rings. The molecule has 0 aliphatic carbocycles. The standard InChI is InChI=1S/C15H17NO3S/c1-11-3-2-4-12(9-11)19-8-7-14-16-10-13(20-14)5-6-15(17)18/h2-4,9-10H,5-8H2,1H3,(H,17,18). The van der Waals surface area contributed by atoms with E-state index < -0.39 is 5.97 Å². The lowest BCUT2D eigenvalue weighted by atomic mass is 10.2. The van der Waals surface area contributed by atoms with Crippen molar-refractivity contribution in [2.75, 3.05) is 6.61 Å². The van der Waals surface area contributed by atoms with E-state index in [1.807, 2.05) is 31.2 Å². The van der Waals surface area contributed by atoms with E-state index in [1.54, 1.807) is 17.5 Å². The number of hydrogen-bond acceptors (Lipinski definition) is 4. The van der Waals surface area contributed by atoms with Crippen molar-refractivity contribution >= 4 is 17.3 Å². The summed E-state index contributed by atoms with van der Waals surface area (Å²) in [7, 11) is 0. The van der Waals surface area contributed by atoms with E-state index >= 15 is 0 Å². The maximum atomic E-state index is 10.5. The molecule has 0 spiro atoms. The van der Waals surface area contributed by atoms with Crippen LogP contribution < -0.4 is 4.74 Å². The van der Waals surface area contributed by atoms with Gasteiger partial charge >= 0.3 is 5.97 Å². The van der Waals surface area contributed by atoms with Gasteiger partial charge in [-0.3, -0.25) is 4.79 Å². The monoisotopic (exact) mass is 291 g/mol. The highest BCUT2D eigenvalue weighted by Gasteiger charge is 2.05. The zero-order chi connectivity index (χ0) is 14.4. The van der Waals surface area contributed by atoms with Crippen molar-refractivity contribution < 1.29 is 14.6 Å². The summed E-state index contributed by atoms with van der Waals surface area (Å²) in [6, 6.07) is 7.94. The van der Waals surface area contributed by atoms with E-state index in [1.165, 1.54) is 5.56 Å². The molecular weight excluding hydrogens is 274 g/mol. The summed E-state index contributed by atoms with van der Waals surface area (Å²) in [4.78, 5) is 15.8. The van der Waals surface area contributed by atoms with Gasteiger partial charge in [0.25, 0.3) is 0 Å². The first-order valence-electron chi connectivity index (χ1n) is 6.48. The number of carboxylic acids is 1. The number of hydrogen-bond donors (Lipinski definition) is 1. The minimum absolute atomic E-state index is 0.154. The average molecular weight is 291 g/mol. The van der Waals surface area contributed by atoms with E-state index in [4.69, 9.17) is 9.84 Å². The number of ether oxygens (including phenoxy) is 1. The Morgan fingerprint density at radius 2 is 2.25 bits per heavy atom. The Balaban J connectivity index is 1.78. The minimum atomic E-state index is -0.775. The molecule has 0 unspecified atom stereocenters. The lowest BCUT2D eigenvalue weighted by Crippen LogP contribution is -2.00. The molecule has 0 aliphatic heterocycles. The van der Waals surface area contributed by atoms with Crippen LogP contribution >= 0.6 is 11.3 Å². The number of carboxylic acid groups (broad SMARTS) is 1. The smallest absolute Gasteiger partial charge is 0.303 e. The van der Waals surface area contributed by atoms with Crippen LogP contribution in [0.4, 0.5) is 0 Å². The van der Waals surface area contributed by atoms with Crippen LogP contribution in [0.15, 0.2) is 30.5 Å². The van der Waals surface area contributed by atoms with Gasteiger partial charge in [-0.2, -0.15) is 0 Å². The topological polar surface area (TPSA) is 59.4 Å². The van der Waals surface area contributed by atoms with Gasteiger partial charge in [-0.15, -0.1) is 11.3 Å². The Labute approximate surface area is 122 Å². The summed E-state index contributed by atoms with van der Waals surface area (Å²) >= 11 is 1.56. The van der Waals surface area contributed by atoms with Crippen LogP contribution in [-0.2, 0) is 17.6 Å². The predicted octanol–water partition coefficient (Wildman–Crippen LogP) is 3.09. The highest BCUT2D eigenvalue weighted by Crippen LogP contribution is 2.17. The number of carbonyl (C=O) groups is 1. The van der Waals surface area contributed by atoms with Gasteiger partial charge < -0.3 is 9.84 Å². The van der Waals surface area contributed by atoms with Crippen molar-refractivity contribution in [3.63, 3.8) is 0 Å². The second-order valence-electron chi connectivity index (χ2n) is 4.53. The van der Waals surface area contributed by atoms with Gasteiger partial charge in [0, 0.05) is 17.5 Å². The number of nitrogens with zero attached hydrogens (tertiary/aromatic N) is 1. The summed E-state index contributed by atoms with van der Waals surface area (Å²) in [6.07, 6.45) is 3.20. The highest BCUT2D eigenvalue weighted by molar-refractivity contribution is 7.11. The molecule has 0 saturated carbocycles. The Bertz CT molecular complexity index is 580. The summed E-state index contributed by atoms with van der Waals surface area (Å²) in [5.41, 5.74) is 1.17. The van der Waals surface area contributed by atoms with Gasteiger partial charge in [0.15, 0.2) is 0 Å². The summed E-state index contributed by atoms with van der Waals surface area (Å²) in [5.74, 6) is 0.0930. The summed E-state index contributed by atoms with van der Waals surface area (Å²) < 4.78 is 5.67. The predicted molar refractivity (Wildman–Crippen MR) is 78.4 cm³/mol. The molecule has 0 atom stereocenters. The third-order valence-electron chi connectivity index (χ3n) is 2.76. The molecule has 4 nitrogen and oxygen atoms in total. The molecule has 0 amide bonds.